The molecule has 0 spiro atoms. The van der Waals surface area contributed by atoms with E-state index >= 15 is 0 Å². The number of carbonyl (C=O) groups is 1. The Morgan fingerprint density at radius 1 is 1.45 bits per heavy atom. The summed E-state index contributed by atoms with van der Waals surface area (Å²) in [5.41, 5.74) is 1.88. The zero-order valence-electron chi connectivity index (χ0n) is 10.9. The summed E-state index contributed by atoms with van der Waals surface area (Å²) < 4.78 is 6.81. The first kappa shape index (κ1) is 13.2. The van der Waals surface area contributed by atoms with E-state index in [1.807, 2.05) is 24.3 Å². The molecule has 0 atom stereocenters. The molecular formula is C14H14N2O3S. The van der Waals surface area contributed by atoms with E-state index in [0.29, 0.717) is 5.25 Å². The summed E-state index contributed by atoms with van der Waals surface area (Å²) in [6.07, 6.45) is 0. The van der Waals surface area contributed by atoms with Gasteiger partial charge in [0.15, 0.2) is 5.69 Å². The summed E-state index contributed by atoms with van der Waals surface area (Å²) in [5, 5.41) is 13.5. The summed E-state index contributed by atoms with van der Waals surface area (Å²) in [6, 6.07) is 9.58. The second-order valence-corrected chi connectivity index (χ2v) is 5.96. The van der Waals surface area contributed by atoms with Gasteiger partial charge in [-0.15, -0.1) is 11.8 Å². The topological polar surface area (TPSA) is 64.4 Å². The quantitative estimate of drug-likeness (QED) is 0.936. The van der Waals surface area contributed by atoms with Crippen molar-refractivity contribution in [1.29, 1.82) is 0 Å². The fourth-order valence-corrected chi connectivity index (χ4v) is 3.21. The molecule has 0 saturated carbocycles. The molecule has 1 aliphatic rings. The maximum atomic E-state index is 11.0. The molecule has 5 nitrogen and oxygen atoms in total. The van der Waals surface area contributed by atoms with Crippen molar-refractivity contribution in [2.24, 2.45) is 7.05 Å². The molecule has 3 rings (SSSR count). The number of aromatic carboxylic acids is 1. The number of hydrogen-bond acceptors (Lipinski definition) is 4. The minimum atomic E-state index is -1.01. The molecule has 1 fully saturated rings. The van der Waals surface area contributed by atoms with Gasteiger partial charge in [-0.2, -0.15) is 5.10 Å². The standard InChI is InChI=1S/C14H14N2O3S/c1-16-12(6-11(15-16)14(17)18)10-4-2-3-5-13(10)20-9-7-19-8-9/h2-6,9H,7-8H2,1H3,(H,17,18). The van der Waals surface area contributed by atoms with E-state index in [0.717, 1.165) is 29.4 Å². The summed E-state index contributed by atoms with van der Waals surface area (Å²) in [4.78, 5) is 12.1. The molecule has 6 heteroatoms. The van der Waals surface area contributed by atoms with Crippen LogP contribution in [0.1, 0.15) is 10.5 Å². The lowest BCUT2D eigenvalue weighted by atomic mass is 10.1. The van der Waals surface area contributed by atoms with Crippen molar-refractivity contribution in [3.05, 3.63) is 36.0 Å². The number of carboxylic acid groups (broad SMARTS) is 1. The van der Waals surface area contributed by atoms with Gasteiger partial charge in [-0.05, 0) is 12.1 Å². The Kier molecular flexibility index (Phi) is 3.50. The molecule has 2 heterocycles. The molecule has 1 N–H and O–H groups in total. The van der Waals surface area contributed by atoms with Crippen LogP contribution in [0.25, 0.3) is 11.3 Å². The molecule has 1 aromatic heterocycles. The van der Waals surface area contributed by atoms with Gasteiger partial charge in [0, 0.05) is 17.5 Å². The highest BCUT2D eigenvalue weighted by atomic mass is 32.2. The average molecular weight is 290 g/mol. The molecule has 1 aromatic carbocycles. The highest BCUT2D eigenvalue weighted by molar-refractivity contribution is 8.00. The van der Waals surface area contributed by atoms with Crippen molar-refractivity contribution in [2.45, 2.75) is 10.1 Å². The predicted molar refractivity (Wildman–Crippen MR) is 76.1 cm³/mol. The Morgan fingerprint density at radius 2 is 2.20 bits per heavy atom. The van der Waals surface area contributed by atoms with Crippen molar-refractivity contribution in [1.82, 2.24) is 9.78 Å². The van der Waals surface area contributed by atoms with E-state index in [1.54, 1.807) is 29.6 Å². The Hall–Kier alpha value is -1.79. The second kappa shape index (κ2) is 5.30. The van der Waals surface area contributed by atoms with Gasteiger partial charge in [0.05, 0.1) is 24.2 Å². The maximum Gasteiger partial charge on any atom is 0.356 e. The van der Waals surface area contributed by atoms with Gasteiger partial charge in [0.25, 0.3) is 0 Å². The van der Waals surface area contributed by atoms with Gasteiger partial charge in [-0.3, -0.25) is 4.68 Å². The number of nitrogens with zero attached hydrogens (tertiary/aromatic N) is 2. The van der Waals surface area contributed by atoms with Crippen molar-refractivity contribution in [2.75, 3.05) is 13.2 Å². The Balaban J connectivity index is 1.98. The molecular weight excluding hydrogens is 276 g/mol. The van der Waals surface area contributed by atoms with E-state index in [9.17, 15) is 4.79 Å². The Bertz CT molecular complexity index is 650. The molecule has 1 saturated heterocycles. The lowest BCUT2D eigenvalue weighted by Crippen LogP contribution is -2.30. The van der Waals surface area contributed by atoms with Crippen LogP contribution < -0.4 is 0 Å². The summed E-state index contributed by atoms with van der Waals surface area (Å²) >= 11 is 1.76. The highest BCUT2D eigenvalue weighted by Crippen LogP contribution is 2.35. The van der Waals surface area contributed by atoms with E-state index in [-0.39, 0.29) is 5.69 Å². The smallest absolute Gasteiger partial charge is 0.356 e. The van der Waals surface area contributed by atoms with Crippen LogP contribution >= 0.6 is 11.8 Å². The number of hydrogen-bond donors (Lipinski definition) is 1. The Morgan fingerprint density at radius 3 is 2.80 bits per heavy atom. The summed E-state index contributed by atoms with van der Waals surface area (Å²) in [5.74, 6) is -1.01. The van der Waals surface area contributed by atoms with Crippen LogP contribution in [-0.2, 0) is 11.8 Å². The molecule has 0 unspecified atom stereocenters. The first-order valence-electron chi connectivity index (χ1n) is 6.26. The van der Waals surface area contributed by atoms with E-state index in [4.69, 9.17) is 9.84 Å². The van der Waals surface area contributed by atoms with Crippen LogP contribution in [0.15, 0.2) is 35.2 Å². The monoisotopic (exact) mass is 290 g/mol. The van der Waals surface area contributed by atoms with Gasteiger partial charge in [-0.25, -0.2) is 4.79 Å². The van der Waals surface area contributed by atoms with Gasteiger partial charge in [0.1, 0.15) is 0 Å². The van der Waals surface area contributed by atoms with Crippen molar-refractivity contribution in [3.63, 3.8) is 0 Å². The van der Waals surface area contributed by atoms with Gasteiger partial charge in [-0.1, -0.05) is 18.2 Å². The predicted octanol–water partition coefficient (Wildman–Crippen LogP) is 2.28. The van der Waals surface area contributed by atoms with Crippen molar-refractivity contribution in [3.8, 4) is 11.3 Å². The first-order chi connectivity index (χ1) is 9.65. The number of ether oxygens (including phenoxy) is 1. The van der Waals surface area contributed by atoms with Crippen LogP contribution in [0.2, 0.25) is 0 Å². The Labute approximate surface area is 120 Å². The summed E-state index contributed by atoms with van der Waals surface area (Å²) in [7, 11) is 1.76. The normalized spacial score (nSPS) is 15.1. The highest BCUT2D eigenvalue weighted by Gasteiger charge is 2.22. The first-order valence-corrected chi connectivity index (χ1v) is 7.14. The average Bonchev–Trinajstić information content (AvgIpc) is 2.77. The number of carboxylic acids is 1. The van der Waals surface area contributed by atoms with Crippen LogP contribution in [0.5, 0.6) is 0 Å². The minimum absolute atomic E-state index is 0.0641. The fourth-order valence-electron chi connectivity index (χ4n) is 2.07. The molecule has 0 aliphatic carbocycles. The van der Waals surface area contributed by atoms with Crippen LogP contribution in [0.4, 0.5) is 0 Å². The molecule has 104 valence electrons. The largest absolute Gasteiger partial charge is 0.476 e. The second-order valence-electron chi connectivity index (χ2n) is 4.62. The summed E-state index contributed by atoms with van der Waals surface area (Å²) in [6.45, 7) is 1.54. The molecule has 1 aliphatic heterocycles. The van der Waals surface area contributed by atoms with Gasteiger partial charge < -0.3 is 9.84 Å². The maximum absolute atomic E-state index is 11.0. The molecule has 2 aromatic rings. The van der Waals surface area contributed by atoms with Gasteiger partial charge >= 0.3 is 5.97 Å². The third kappa shape index (κ3) is 2.44. The molecule has 0 radical (unpaired) electrons. The van der Waals surface area contributed by atoms with Crippen LogP contribution in [0, 0.1) is 0 Å². The minimum Gasteiger partial charge on any atom is -0.476 e. The lowest BCUT2D eigenvalue weighted by Gasteiger charge is -2.26. The third-order valence-corrected chi connectivity index (χ3v) is 4.38. The SMILES string of the molecule is Cn1nc(C(=O)O)cc1-c1ccccc1SC1COC1. The zero-order valence-corrected chi connectivity index (χ0v) is 11.8. The van der Waals surface area contributed by atoms with Gasteiger partial charge in [0.2, 0.25) is 0 Å². The number of aryl methyl sites for hydroxylation is 1. The number of aromatic nitrogens is 2. The number of rotatable bonds is 4. The number of thioether (sulfide) groups is 1. The van der Waals surface area contributed by atoms with Crippen molar-refractivity contribution < 1.29 is 14.6 Å². The zero-order chi connectivity index (χ0) is 14.1. The van der Waals surface area contributed by atoms with Crippen molar-refractivity contribution >= 4 is 17.7 Å². The molecule has 0 amide bonds. The van der Waals surface area contributed by atoms with E-state index < -0.39 is 5.97 Å². The fraction of sp³-hybridized carbons (Fsp3) is 0.286. The molecule has 0 bridgehead atoms. The van der Waals surface area contributed by atoms with Crippen LogP contribution in [0.3, 0.4) is 0 Å². The molecule has 20 heavy (non-hydrogen) atoms. The van der Waals surface area contributed by atoms with E-state index in [2.05, 4.69) is 5.10 Å². The third-order valence-electron chi connectivity index (χ3n) is 3.16. The van der Waals surface area contributed by atoms with Crippen LogP contribution in [-0.4, -0.2) is 39.3 Å². The van der Waals surface area contributed by atoms with E-state index in [1.165, 1.54) is 0 Å². The number of benzene rings is 1. The lowest BCUT2D eigenvalue weighted by molar-refractivity contribution is 0.0455.